The van der Waals surface area contributed by atoms with E-state index in [-0.39, 0.29) is 6.04 Å². The fourth-order valence-corrected chi connectivity index (χ4v) is 4.00. The van der Waals surface area contributed by atoms with Crippen molar-refractivity contribution in [3.8, 4) is 5.69 Å². The molecule has 31 heavy (non-hydrogen) atoms. The van der Waals surface area contributed by atoms with E-state index in [0.29, 0.717) is 12.5 Å². The SMILES string of the molecule is CN=C(NCc1ccccc1-n1nc(C)cc1C)NC1CCc2nc(C(C)C)nn2C1. The Morgan fingerprint density at radius 2 is 2.03 bits per heavy atom. The average molecular weight is 421 g/mol. The van der Waals surface area contributed by atoms with Gasteiger partial charge in [-0.25, -0.2) is 14.3 Å². The third kappa shape index (κ3) is 4.62. The monoisotopic (exact) mass is 420 g/mol. The second-order valence-electron chi connectivity index (χ2n) is 8.50. The van der Waals surface area contributed by atoms with E-state index in [4.69, 9.17) is 0 Å². The molecule has 2 aromatic heterocycles. The standard InChI is InChI=1S/C23H32N8/c1-15(2)22-27-21-11-10-19(14-30(21)29-22)26-23(24-5)25-13-18-8-6-7-9-20(18)31-17(4)12-16(3)28-31/h6-9,12,15,19H,10-11,13-14H2,1-5H3,(H2,24,25,26). The van der Waals surface area contributed by atoms with Crippen LogP contribution in [0, 0.1) is 13.8 Å². The van der Waals surface area contributed by atoms with Gasteiger partial charge in [-0.05, 0) is 38.0 Å². The predicted molar refractivity (Wildman–Crippen MR) is 123 cm³/mol. The number of fused-ring (bicyclic) bond motifs is 1. The molecule has 0 saturated carbocycles. The molecule has 3 heterocycles. The Labute approximate surface area is 183 Å². The average Bonchev–Trinajstić information content (AvgIpc) is 3.33. The molecular weight excluding hydrogens is 388 g/mol. The minimum absolute atomic E-state index is 0.270. The Bertz CT molecular complexity index is 1080. The van der Waals surface area contributed by atoms with Gasteiger partial charge in [-0.1, -0.05) is 32.0 Å². The molecule has 3 aromatic rings. The molecule has 1 aliphatic heterocycles. The van der Waals surface area contributed by atoms with Crippen molar-refractivity contribution in [1.29, 1.82) is 0 Å². The van der Waals surface area contributed by atoms with E-state index >= 15 is 0 Å². The summed E-state index contributed by atoms with van der Waals surface area (Å²) in [6, 6.07) is 10.7. The molecule has 1 aromatic carbocycles. The molecule has 0 bridgehead atoms. The zero-order valence-electron chi connectivity index (χ0n) is 19.1. The van der Waals surface area contributed by atoms with E-state index in [1.54, 1.807) is 0 Å². The highest BCUT2D eigenvalue weighted by Gasteiger charge is 2.23. The van der Waals surface area contributed by atoms with Gasteiger partial charge in [-0.15, -0.1) is 0 Å². The van der Waals surface area contributed by atoms with Crippen LogP contribution in [0.15, 0.2) is 35.3 Å². The summed E-state index contributed by atoms with van der Waals surface area (Å²) >= 11 is 0. The molecule has 1 atom stereocenters. The summed E-state index contributed by atoms with van der Waals surface area (Å²) in [6.45, 7) is 9.83. The highest BCUT2D eigenvalue weighted by molar-refractivity contribution is 5.80. The number of rotatable bonds is 5. The molecule has 2 N–H and O–H groups in total. The van der Waals surface area contributed by atoms with Gasteiger partial charge in [-0.3, -0.25) is 4.99 Å². The smallest absolute Gasteiger partial charge is 0.191 e. The maximum absolute atomic E-state index is 4.68. The molecule has 0 radical (unpaired) electrons. The van der Waals surface area contributed by atoms with Gasteiger partial charge in [0.15, 0.2) is 11.8 Å². The Hall–Kier alpha value is -3.16. The normalized spacial score (nSPS) is 16.5. The molecule has 1 unspecified atom stereocenters. The van der Waals surface area contributed by atoms with E-state index in [1.807, 2.05) is 29.4 Å². The molecule has 0 amide bonds. The number of benzene rings is 1. The zero-order valence-corrected chi connectivity index (χ0v) is 19.1. The molecule has 1 aliphatic rings. The van der Waals surface area contributed by atoms with Gasteiger partial charge < -0.3 is 10.6 Å². The van der Waals surface area contributed by atoms with E-state index in [2.05, 4.69) is 75.8 Å². The lowest BCUT2D eigenvalue weighted by Gasteiger charge is -2.25. The Kier molecular flexibility index (Phi) is 6.06. The highest BCUT2D eigenvalue weighted by Crippen LogP contribution is 2.18. The molecule has 164 valence electrons. The van der Waals surface area contributed by atoms with Gasteiger partial charge in [0.2, 0.25) is 0 Å². The van der Waals surface area contributed by atoms with Gasteiger partial charge in [0, 0.05) is 37.7 Å². The third-order valence-corrected chi connectivity index (χ3v) is 5.63. The summed E-state index contributed by atoms with van der Waals surface area (Å²) in [4.78, 5) is 9.11. The summed E-state index contributed by atoms with van der Waals surface area (Å²) < 4.78 is 4.05. The van der Waals surface area contributed by atoms with Crippen molar-refractivity contribution in [2.45, 2.75) is 65.6 Å². The van der Waals surface area contributed by atoms with Crippen LogP contribution < -0.4 is 10.6 Å². The van der Waals surface area contributed by atoms with Crippen molar-refractivity contribution in [2.75, 3.05) is 7.05 Å². The van der Waals surface area contributed by atoms with Gasteiger partial charge >= 0.3 is 0 Å². The first-order valence-corrected chi connectivity index (χ1v) is 11.0. The first-order valence-electron chi connectivity index (χ1n) is 11.0. The van der Waals surface area contributed by atoms with Crippen molar-refractivity contribution in [3.63, 3.8) is 0 Å². The number of nitrogens with zero attached hydrogens (tertiary/aromatic N) is 6. The number of aliphatic imine (C=N–C) groups is 1. The second-order valence-corrected chi connectivity index (χ2v) is 8.50. The van der Waals surface area contributed by atoms with Crippen molar-refractivity contribution < 1.29 is 0 Å². The van der Waals surface area contributed by atoms with Crippen LogP contribution in [0.4, 0.5) is 0 Å². The molecule has 0 spiro atoms. The van der Waals surface area contributed by atoms with Crippen LogP contribution in [0.25, 0.3) is 5.69 Å². The number of guanidine groups is 1. The summed E-state index contributed by atoms with van der Waals surface area (Å²) in [6.07, 6.45) is 1.94. The topological polar surface area (TPSA) is 84.9 Å². The van der Waals surface area contributed by atoms with Crippen LogP contribution in [-0.4, -0.2) is 43.6 Å². The lowest BCUT2D eigenvalue weighted by atomic mass is 10.1. The first-order chi connectivity index (χ1) is 14.9. The second kappa shape index (κ2) is 8.91. The van der Waals surface area contributed by atoms with Crippen molar-refractivity contribution in [1.82, 2.24) is 35.2 Å². The van der Waals surface area contributed by atoms with Crippen LogP contribution in [0.5, 0.6) is 0 Å². The summed E-state index contributed by atoms with van der Waals surface area (Å²) in [7, 11) is 1.81. The van der Waals surface area contributed by atoms with E-state index in [9.17, 15) is 0 Å². The maximum atomic E-state index is 4.68. The molecule has 8 heteroatoms. The lowest BCUT2D eigenvalue weighted by Crippen LogP contribution is -2.46. The first kappa shape index (κ1) is 21.1. The number of aryl methyl sites for hydroxylation is 3. The summed E-state index contributed by atoms with van der Waals surface area (Å²) in [5, 5.41) is 16.4. The number of nitrogens with one attached hydrogen (secondary N) is 2. The summed E-state index contributed by atoms with van der Waals surface area (Å²) in [5.41, 5.74) is 4.39. The number of hydrogen-bond donors (Lipinski definition) is 2. The van der Waals surface area contributed by atoms with Crippen molar-refractivity contribution in [2.24, 2.45) is 4.99 Å². The van der Waals surface area contributed by atoms with Gasteiger partial charge in [0.1, 0.15) is 5.82 Å². The minimum atomic E-state index is 0.270. The van der Waals surface area contributed by atoms with Crippen LogP contribution in [0.3, 0.4) is 0 Å². The quantitative estimate of drug-likeness (QED) is 0.490. The number of hydrogen-bond acceptors (Lipinski definition) is 4. The molecule has 4 rings (SSSR count). The van der Waals surface area contributed by atoms with Crippen LogP contribution in [0.1, 0.15) is 54.8 Å². The van der Waals surface area contributed by atoms with Crippen LogP contribution in [0.2, 0.25) is 0 Å². The highest BCUT2D eigenvalue weighted by atomic mass is 15.4. The maximum Gasteiger partial charge on any atom is 0.191 e. The third-order valence-electron chi connectivity index (χ3n) is 5.63. The Balaban J connectivity index is 1.41. The molecule has 0 aliphatic carbocycles. The molecule has 8 nitrogen and oxygen atoms in total. The predicted octanol–water partition coefficient (Wildman–Crippen LogP) is 2.88. The fourth-order valence-electron chi connectivity index (χ4n) is 4.00. The van der Waals surface area contributed by atoms with Crippen LogP contribution in [-0.2, 0) is 19.5 Å². The zero-order chi connectivity index (χ0) is 22.0. The Morgan fingerprint density at radius 3 is 2.74 bits per heavy atom. The van der Waals surface area contributed by atoms with Gasteiger partial charge in [-0.2, -0.15) is 10.2 Å². The molecule has 0 fully saturated rings. The Morgan fingerprint density at radius 1 is 1.23 bits per heavy atom. The lowest BCUT2D eigenvalue weighted by molar-refractivity contribution is 0.391. The van der Waals surface area contributed by atoms with Crippen LogP contribution >= 0.6 is 0 Å². The minimum Gasteiger partial charge on any atom is -0.352 e. The molecule has 0 saturated heterocycles. The largest absolute Gasteiger partial charge is 0.352 e. The molecular formula is C23H32N8. The summed E-state index contributed by atoms with van der Waals surface area (Å²) in [5.74, 6) is 3.16. The van der Waals surface area contributed by atoms with Crippen molar-refractivity contribution >= 4 is 5.96 Å². The van der Waals surface area contributed by atoms with E-state index in [0.717, 1.165) is 54.1 Å². The van der Waals surface area contributed by atoms with Gasteiger partial charge in [0.05, 0.1) is 17.9 Å². The van der Waals surface area contributed by atoms with Crippen molar-refractivity contribution in [3.05, 3.63) is 58.9 Å². The number of aromatic nitrogens is 5. The van der Waals surface area contributed by atoms with Gasteiger partial charge in [0.25, 0.3) is 0 Å². The number of para-hydroxylation sites is 1. The fraction of sp³-hybridized carbons (Fsp3) is 0.478. The van der Waals surface area contributed by atoms with E-state index in [1.165, 1.54) is 5.56 Å². The van der Waals surface area contributed by atoms with E-state index < -0.39 is 0 Å².